The van der Waals surface area contributed by atoms with Gasteiger partial charge in [-0.1, -0.05) is 26.0 Å². The van der Waals surface area contributed by atoms with E-state index >= 15 is 0 Å². The van der Waals surface area contributed by atoms with Crippen molar-refractivity contribution in [2.75, 3.05) is 26.2 Å². The van der Waals surface area contributed by atoms with Crippen LogP contribution in [0.25, 0.3) is 0 Å². The highest BCUT2D eigenvalue weighted by Crippen LogP contribution is 2.16. The van der Waals surface area contributed by atoms with Gasteiger partial charge in [0.15, 0.2) is 0 Å². The molecular weight excluding hydrogens is 312 g/mol. The van der Waals surface area contributed by atoms with Gasteiger partial charge in [0.25, 0.3) is 0 Å². The molecule has 1 aromatic rings. The van der Waals surface area contributed by atoms with E-state index in [1.54, 1.807) is 12.1 Å². The second-order valence-electron chi connectivity index (χ2n) is 6.49. The van der Waals surface area contributed by atoms with Crippen LogP contribution in [0.15, 0.2) is 29.2 Å². The molecule has 0 spiro atoms. The fourth-order valence-corrected chi connectivity index (χ4v) is 3.87. The Balaban J connectivity index is 1.83. The number of β-amino-alcohol motifs (C(OH)–C–C–N with tert-alkyl or cyclic N) is 1. The molecule has 1 saturated heterocycles. The third kappa shape index (κ3) is 5.57. The van der Waals surface area contributed by atoms with Crippen LogP contribution in [0.2, 0.25) is 0 Å². The molecule has 1 atom stereocenters. The average molecular weight is 340 g/mol. The predicted octanol–water partition coefficient (Wildman–Crippen LogP) is 1.62. The first-order valence-electron chi connectivity index (χ1n) is 8.39. The molecule has 1 aliphatic heterocycles. The molecule has 6 heteroatoms. The summed E-state index contributed by atoms with van der Waals surface area (Å²) in [4.78, 5) is 2.45. The van der Waals surface area contributed by atoms with Crippen LogP contribution in [0.4, 0.5) is 0 Å². The molecule has 0 aromatic heterocycles. The number of hydrogen-bond acceptors (Lipinski definition) is 4. The van der Waals surface area contributed by atoms with Crippen molar-refractivity contribution in [3.63, 3.8) is 0 Å². The van der Waals surface area contributed by atoms with E-state index in [0.717, 1.165) is 43.8 Å². The molecule has 130 valence electrons. The number of aryl methyl sites for hydroxylation is 1. The fraction of sp³-hybridized carbons (Fsp3) is 0.647. The van der Waals surface area contributed by atoms with Crippen LogP contribution >= 0.6 is 0 Å². The Labute approximate surface area is 139 Å². The van der Waals surface area contributed by atoms with Crippen molar-refractivity contribution in [1.82, 2.24) is 9.62 Å². The Morgan fingerprint density at radius 1 is 1.26 bits per heavy atom. The van der Waals surface area contributed by atoms with Crippen LogP contribution in [0.5, 0.6) is 0 Å². The fourth-order valence-electron chi connectivity index (χ4n) is 2.80. The van der Waals surface area contributed by atoms with Crippen LogP contribution in [0.1, 0.15) is 32.3 Å². The van der Waals surface area contributed by atoms with Crippen molar-refractivity contribution < 1.29 is 13.5 Å². The first-order valence-corrected chi connectivity index (χ1v) is 9.88. The summed E-state index contributed by atoms with van der Waals surface area (Å²) in [5, 5.41) is 10.1. The van der Waals surface area contributed by atoms with Gasteiger partial charge in [-0.15, -0.1) is 0 Å². The van der Waals surface area contributed by atoms with E-state index in [1.807, 2.05) is 19.1 Å². The Kier molecular flexibility index (Phi) is 6.59. The van der Waals surface area contributed by atoms with Crippen molar-refractivity contribution in [3.8, 4) is 0 Å². The highest BCUT2D eigenvalue weighted by atomic mass is 32.2. The summed E-state index contributed by atoms with van der Waals surface area (Å²) >= 11 is 0. The van der Waals surface area contributed by atoms with Gasteiger partial charge in [-0.3, -0.25) is 0 Å². The Morgan fingerprint density at radius 2 is 1.87 bits per heavy atom. The number of aliphatic hydroxyl groups is 1. The number of rotatable bonds is 7. The Bertz CT molecular complexity index is 578. The van der Waals surface area contributed by atoms with E-state index in [2.05, 4.69) is 16.5 Å². The summed E-state index contributed by atoms with van der Waals surface area (Å²) in [5.41, 5.74) is 1.10. The number of likely N-dealkylation sites (tertiary alicyclic amines) is 1. The van der Waals surface area contributed by atoms with Gasteiger partial charge in [-0.05, 0) is 56.0 Å². The SMILES string of the molecule is CCc1ccc(S(=O)(=O)NCC(O)CN2CCC(C)CC2)cc1. The minimum Gasteiger partial charge on any atom is -0.390 e. The van der Waals surface area contributed by atoms with E-state index in [-0.39, 0.29) is 11.4 Å². The van der Waals surface area contributed by atoms with Gasteiger partial charge in [0, 0.05) is 13.1 Å². The Hall–Kier alpha value is -0.950. The van der Waals surface area contributed by atoms with Gasteiger partial charge in [-0.25, -0.2) is 13.1 Å². The van der Waals surface area contributed by atoms with E-state index in [4.69, 9.17) is 0 Å². The standard InChI is InChI=1S/C17H28N2O3S/c1-3-15-4-6-17(7-5-15)23(21,22)18-12-16(20)13-19-10-8-14(2)9-11-19/h4-7,14,16,18,20H,3,8-13H2,1-2H3. The van der Waals surface area contributed by atoms with Crippen LogP contribution in [0.3, 0.4) is 0 Å². The first kappa shape index (κ1) is 18.4. The molecule has 1 aromatic carbocycles. The van der Waals surface area contributed by atoms with Crippen LogP contribution in [-0.2, 0) is 16.4 Å². The van der Waals surface area contributed by atoms with E-state index in [1.165, 1.54) is 0 Å². The number of nitrogens with zero attached hydrogens (tertiary/aromatic N) is 1. The number of piperidine rings is 1. The lowest BCUT2D eigenvalue weighted by atomic mass is 9.99. The largest absolute Gasteiger partial charge is 0.390 e. The van der Waals surface area contributed by atoms with Crippen LogP contribution in [0, 0.1) is 5.92 Å². The minimum atomic E-state index is -3.56. The number of aliphatic hydroxyl groups excluding tert-OH is 1. The Morgan fingerprint density at radius 3 is 2.43 bits per heavy atom. The van der Waals surface area contributed by atoms with Crippen molar-refractivity contribution in [3.05, 3.63) is 29.8 Å². The molecule has 1 fully saturated rings. The van der Waals surface area contributed by atoms with E-state index < -0.39 is 16.1 Å². The van der Waals surface area contributed by atoms with Crippen LogP contribution in [-0.4, -0.2) is 50.7 Å². The maximum absolute atomic E-state index is 12.2. The lowest BCUT2D eigenvalue weighted by Gasteiger charge is -2.31. The summed E-state index contributed by atoms with van der Waals surface area (Å²) in [6, 6.07) is 6.86. The second kappa shape index (κ2) is 8.24. The average Bonchev–Trinajstić information content (AvgIpc) is 2.55. The smallest absolute Gasteiger partial charge is 0.240 e. The summed E-state index contributed by atoms with van der Waals surface area (Å²) in [5.74, 6) is 0.744. The lowest BCUT2D eigenvalue weighted by Crippen LogP contribution is -2.43. The molecule has 1 heterocycles. The molecule has 0 radical (unpaired) electrons. The lowest BCUT2D eigenvalue weighted by molar-refractivity contribution is 0.0942. The number of sulfonamides is 1. The van der Waals surface area contributed by atoms with Gasteiger partial charge in [0.2, 0.25) is 10.0 Å². The highest BCUT2D eigenvalue weighted by Gasteiger charge is 2.20. The molecule has 23 heavy (non-hydrogen) atoms. The van der Waals surface area contributed by atoms with Crippen molar-refractivity contribution in [1.29, 1.82) is 0 Å². The minimum absolute atomic E-state index is 0.0456. The van der Waals surface area contributed by atoms with Gasteiger partial charge in [0.05, 0.1) is 11.0 Å². The number of hydrogen-bond donors (Lipinski definition) is 2. The molecule has 0 bridgehead atoms. The summed E-state index contributed by atoms with van der Waals surface area (Å²) in [7, 11) is -3.56. The quantitative estimate of drug-likeness (QED) is 0.791. The third-order valence-electron chi connectivity index (χ3n) is 4.50. The second-order valence-corrected chi connectivity index (χ2v) is 8.25. The van der Waals surface area contributed by atoms with Gasteiger partial charge >= 0.3 is 0 Å². The zero-order valence-electron chi connectivity index (χ0n) is 14.0. The molecule has 0 amide bonds. The van der Waals surface area contributed by atoms with Crippen LogP contribution < -0.4 is 4.72 Å². The molecule has 2 rings (SSSR count). The summed E-state index contributed by atoms with van der Waals surface area (Å²) < 4.78 is 27.0. The maximum Gasteiger partial charge on any atom is 0.240 e. The zero-order chi connectivity index (χ0) is 16.9. The topological polar surface area (TPSA) is 69.6 Å². The molecule has 5 nitrogen and oxygen atoms in total. The summed E-state index contributed by atoms with van der Waals surface area (Å²) in [6.07, 6.45) is 2.47. The van der Waals surface area contributed by atoms with Gasteiger partial charge in [-0.2, -0.15) is 0 Å². The molecule has 2 N–H and O–H groups in total. The van der Waals surface area contributed by atoms with Crippen molar-refractivity contribution in [2.45, 2.75) is 44.1 Å². The molecule has 0 aliphatic carbocycles. The van der Waals surface area contributed by atoms with Gasteiger partial charge in [0.1, 0.15) is 0 Å². The highest BCUT2D eigenvalue weighted by molar-refractivity contribution is 7.89. The predicted molar refractivity (Wildman–Crippen MR) is 91.9 cm³/mol. The third-order valence-corrected chi connectivity index (χ3v) is 5.94. The maximum atomic E-state index is 12.2. The monoisotopic (exact) mass is 340 g/mol. The van der Waals surface area contributed by atoms with E-state index in [0.29, 0.717) is 6.54 Å². The zero-order valence-corrected chi connectivity index (χ0v) is 14.8. The first-order chi connectivity index (χ1) is 10.9. The molecule has 0 saturated carbocycles. The van der Waals surface area contributed by atoms with Crippen molar-refractivity contribution >= 4 is 10.0 Å². The summed E-state index contributed by atoms with van der Waals surface area (Å²) in [6.45, 7) is 6.78. The van der Waals surface area contributed by atoms with E-state index in [9.17, 15) is 13.5 Å². The molecule has 1 unspecified atom stereocenters. The van der Waals surface area contributed by atoms with Crippen molar-refractivity contribution in [2.24, 2.45) is 5.92 Å². The molecule has 1 aliphatic rings. The van der Waals surface area contributed by atoms with Gasteiger partial charge < -0.3 is 10.0 Å². The molecular formula is C17H28N2O3S. The normalized spacial score (nSPS) is 18.9. The number of nitrogens with one attached hydrogen (secondary N) is 1. The number of benzene rings is 1.